The van der Waals surface area contributed by atoms with Crippen LogP contribution in [0.25, 0.3) is 11.1 Å². The second-order valence-corrected chi connectivity index (χ2v) is 8.14. The van der Waals surface area contributed by atoms with Crippen LogP contribution in [-0.2, 0) is 0 Å². The minimum atomic E-state index is -1.39. The Morgan fingerprint density at radius 1 is 0.840 bits per heavy atom. The SMILES string of the molecule is Cc1cc(C)c(C(=O)P2Oc3ccccc3-c3ccccc32)c(C)c1. The molecule has 1 unspecified atom stereocenters. The van der Waals surface area contributed by atoms with Gasteiger partial charge in [-0.2, -0.15) is 0 Å². The number of rotatable bonds is 2. The summed E-state index contributed by atoms with van der Waals surface area (Å²) in [7, 11) is -1.39. The Morgan fingerprint density at radius 2 is 1.44 bits per heavy atom. The van der Waals surface area contributed by atoms with Crippen LogP contribution in [0, 0.1) is 20.8 Å². The molecule has 1 heterocycles. The van der Waals surface area contributed by atoms with Gasteiger partial charge < -0.3 is 4.52 Å². The maximum Gasteiger partial charge on any atom is 0.229 e. The predicted molar refractivity (Wildman–Crippen MR) is 104 cm³/mol. The fourth-order valence-electron chi connectivity index (χ4n) is 3.56. The first-order valence-corrected chi connectivity index (χ1v) is 9.61. The summed E-state index contributed by atoms with van der Waals surface area (Å²) in [5.74, 6) is 0.795. The fraction of sp³-hybridized carbons (Fsp3) is 0.136. The highest BCUT2D eigenvalue weighted by atomic mass is 31.1. The minimum absolute atomic E-state index is 0.0898. The van der Waals surface area contributed by atoms with Crippen molar-refractivity contribution in [2.75, 3.05) is 0 Å². The zero-order valence-electron chi connectivity index (χ0n) is 14.5. The van der Waals surface area contributed by atoms with Crippen LogP contribution in [0.1, 0.15) is 27.0 Å². The molecule has 3 aromatic rings. The van der Waals surface area contributed by atoms with E-state index < -0.39 is 8.15 Å². The van der Waals surface area contributed by atoms with Gasteiger partial charge in [0.1, 0.15) is 5.75 Å². The van der Waals surface area contributed by atoms with Crippen LogP contribution in [0.2, 0.25) is 0 Å². The Kier molecular flexibility index (Phi) is 3.94. The van der Waals surface area contributed by atoms with E-state index in [1.807, 2.05) is 56.3 Å². The Labute approximate surface area is 149 Å². The maximum absolute atomic E-state index is 13.4. The van der Waals surface area contributed by atoms with Gasteiger partial charge in [-0.1, -0.05) is 60.2 Å². The van der Waals surface area contributed by atoms with Crippen molar-refractivity contribution < 1.29 is 9.32 Å². The van der Waals surface area contributed by atoms with E-state index in [1.54, 1.807) is 0 Å². The molecule has 1 aliphatic heterocycles. The third-order valence-electron chi connectivity index (χ3n) is 4.57. The normalized spacial score (nSPS) is 15.1. The average molecular weight is 346 g/mol. The van der Waals surface area contributed by atoms with E-state index in [2.05, 4.69) is 25.1 Å². The van der Waals surface area contributed by atoms with Crippen molar-refractivity contribution in [2.45, 2.75) is 20.8 Å². The van der Waals surface area contributed by atoms with E-state index in [0.29, 0.717) is 0 Å². The molecule has 0 radical (unpaired) electrons. The van der Waals surface area contributed by atoms with Gasteiger partial charge in [-0.25, -0.2) is 0 Å². The number of benzene rings is 3. The molecule has 0 N–H and O–H groups in total. The summed E-state index contributed by atoms with van der Waals surface area (Å²) in [6.45, 7) is 6.07. The number of para-hydroxylation sites is 1. The lowest BCUT2D eigenvalue weighted by molar-refractivity contribution is 0.107. The summed E-state index contributed by atoms with van der Waals surface area (Å²) in [6, 6.07) is 20.2. The van der Waals surface area contributed by atoms with Crippen LogP contribution in [0.3, 0.4) is 0 Å². The molecule has 3 heteroatoms. The number of carbonyl (C=O) groups excluding carboxylic acids is 1. The van der Waals surface area contributed by atoms with Crippen molar-refractivity contribution in [2.24, 2.45) is 0 Å². The zero-order chi connectivity index (χ0) is 17.6. The van der Waals surface area contributed by atoms with Gasteiger partial charge in [0.25, 0.3) is 0 Å². The molecule has 0 saturated carbocycles. The Morgan fingerprint density at radius 3 is 2.16 bits per heavy atom. The third-order valence-corrected chi connectivity index (χ3v) is 6.36. The molecule has 0 amide bonds. The predicted octanol–water partition coefficient (Wildman–Crippen LogP) is 5.53. The van der Waals surface area contributed by atoms with E-state index >= 15 is 0 Å². The first-order valence-electron chi connectivity index (χ1n) is 8.35. The van der Waals surface area contributed by atoms with E-state index in [0.717, 1.165) is 38.9 Å². The minimum Gasteiger partial charge on any atom is -0.460 e. The van der Waals surface area contributed by atoms with Crippen molar-refractivity contribution in [1.29, 1.82) is 0 Å². The molecule has 25 heavy (non-hydrogen) atoms. The molecule has 0 fully saturated rings. The van der Waals surface area contributed by atoms with Crippen molar-refractivity contribution in [3.05, 3.63) is 82.9 Å². The van der Waals surface area contributed by atoms with Crippen molar-refractivity contribution >= 4 is 19.0 Å². The van der Waals surface area contributed by atoms with Crippen molar-refractivity contribution in [1.82, 2.24) is 0 Å². The smallest absolute Gasteiger partial charge is 0.229 e. The van der Waals surface area contributed by atoms with Gasteiger partial charge in [0.15, 0.2) is 8.15 Å². The number of aryl methyl sites for hydroxylation is 3. The highest BCUT2D eigenvalue weighted by Gasteiger charge is 2.33. The van der Waals surface area contributed by atoms with E-state index in [4.69, 9.17) is 4.52 Å². The summed E-state index contributed by atoms with van der Waals surface area (Å²) in [5, 5.41) is 1.00. The second kappa shape index (κ2) is 6.13. The third kappa shape index (κ3) is 2.67. The molecule has 0 spiro atoms. The number of fused-ring (bicyclic) bond motifs is 3. The first-order chi connectivity index (χ1) is 12.1. The fourth-order valence-corrected chi connectivity index (χ4v) is 5.51. The lowest BCUT2D eigenvalue weighted by Crippen LogP contribution is -2.20. The van der Waals surface area contributed by atoms with Crippen LogP contribution < -0.4 is 9.83 Å². The van der Waals surface area contributed by atoms with Gasteiger partial charge in [-0.05, 0) is 43.5 Å². The van der Waals surface area contributed by atoms with Gasteiger partial charge in [0.05, 0.1) is 0 Å². The van der Waals surface area contributed by atoms with Gasteiger partial charge in [-0.15, -0.1) is 0 Å². The van der Waals surface area contributed by atoms with Crippen LogP contribution >= 0.6 is 8.15 Å². The van der Waals surface area contributed by atoms with Gasteiger partial charge in [-0.3, -0.25) is 4.79 Å². The largest absolute Gasteiger partial charge is 0.460 e. The van der Waals surface area contributed by atoms with Crippen LogP contribution in [0.5, 0.6) is 5.75 Å². The molecular weight excluding hydrogens is 327 g/mol. The topological polar surface area (TPSA) is 26.3 Å². The van der Waals surface area contributed by atoms with Crippen LogP contribution in [0.15, 0.2) is 60.7 Å². The van der Waals surface area contributed by atoms with Crippen LogP contribution in [0.4, 0.5) is 0 Å². The lowest BCUT2D eigenvalue weighted by Gasteiger charge is -2.27. The molecule has 124 valence electrons. The van der Waals surface area contributed by atoms with Gasteiger partial charge >= 0.3 is 0 Å². The zero-order valence-corrected chi connectivity index (χ0v) is 15.4. The Bertz CT molecular complexity index is 968. The first kappa shape index (κ1) is 16.1. The molecule has 1 atom stereocenters. The highest BCUT2D eigenvalue weighted by Crippen LogP contribution is 2.50. The van der Waals surface area contributed by atoms with E-state index in [9.17, 15) is 4.79 Å². The molecule has 1 aliphatic rings. The van der Waals surface area contributed by atoms with Crippen LogP contribution in [-0.4, -0.2) is 5.52 Å². The molecule has 0 bridgehead atoms. The van der Waals surface area contributed by atoms with Crippen molar-refractivity contribution in [3.8, 4) is 16.9 Å². The summed E-state index contributed by atoms with van der Waals surface area (Å²) >= 11 is 0. The standard InChI is InChI=1S/C22H19O2P/c1-14-12-15(2)21(16(3)13-14)22(23)25-20-11-7-5-9-18(20)17-8-4-6-10-19(17)24-25/h4-13H,1-3H3. The molecule has 0 aliphatic carbocycles. The van der Waals surface area contributed by atoms with E-state index in [-0.39, 0.29) is 5.52 Å². The summed E-state index contributed by atoms with van der Waals surface area (Å²) in [6.07, 6.45) is 0. The number of carbonyl (C=O) groups is 1. The van der Waals surface area contributed by atoms with Crippen molar-refractivity contribution in [3.63, 3.8) is 0 Å². The monoisotopic (exact) mass is 346 g/mol. The summed E-state index contributed by atoms with van der Waals surface area (Å²) < 4.78 is 6.23. The summed E-state index contributed by atoms with van der Waals surface area (Å²) in [5.41, 5.74) is 6.26. The summed E-state index contributed by atoms with van der Waals surface area (Å²) in [4.78, 5) is 13.4. The molecule has 0 aromatic heterocycles. The molecule has 0 saturated heterocycles. The quantitative estimate of drug-likeness (QED) is 0.570. The van der Waals surface area contributed by atoms with Gasteiger partial charge in [0.2, 0.25) is 5.52 Å². The number of hydrogen-bond donors (Lipinski definition) is 0. The molecule has 4 rings (SSSR count). The molecule has 2 nitrogen and oxygen atoms in total. The Balaban J connectivity index is 1.86. The highest BCUT2D eigenvalue weighted by molar-refractivity contribution is 7.78. The number of hydrogen-bond acceptors (Lipinski definition) is 2. The maximum atomic E-state index is 13.4. The second-order valence-electron chi connectivity index (χ2n) is 6.48. The lowest BCUT2D eigenvalue weighted by atomic mass is 10.0. The molecule has 3 aromatic carbocycles. The molecular formula is C22H19O2P. The Hall–Kier alpha value is -2.44. The van der Waals surface area contributed by atoms with E-state index in [1.165, 1.54) is 5.56 Å². The van der Waals surface area contributed by atoms with Gasteiger partial charge in [0, 0.05) is 16.4 Å². The average Bonchev–Trinajstić information content (AvgIpc) is 2.60.